The highest BCUT2D eigenvalue weighted by Gasteiger charge is 2.11. The Morgan fingerprint density at radius 1 is 1.15 bits per heavy atom. The fraction of sp³-hybridized carbons (Fsp3) is 0.294. The predicted molar refractivity (Wildman–Crippen MR) is 79.4 cm³/mol. The van der Waals surface area contributed by atoms with Crippen LogP contribution in [-0.4, -0.2) is 7.11 Å². The number of benzene rings is 2. The summed E-state index contributed by atoms with van der Waals surface area (Å²) in [5, 5.41) is 3.35. The summed E-state index contributed by atoms with van der Waals surface area (Å²) in [7, 11) is 1.48. The van der Waals surface area contributed by atoms with Gasteiger partial charge in [-0.05, 0) is 31.0 Å². The predicted octanol–water partition coefficient (Wildman–Crippen LogP) is 3.99. The monoisotopic (exact) mass is 273 g/mol. The lowest BCUT2D eigenvalue weighted by molar-refractivity contribution is 0.382. The number of ether oxygens (including phenoxy) is 1. The first-order valence-corrected chi connectivity index (χ1v) is 6.73. The molecule has 0 fully saturated rings. The number of nitrogens with one attached hydrogen (secondary N) is 1. The molecule has 2 rings (SSSR count). The molecule has 1 atom stereocenters. The second-order valence-corrected chi connectivity index (χ2v) is 4.89. The van der Waals surface area contributed by atoms with Gasteiger partial charge < -0.3 is 10.1 Å². The molecule has 0 aliphatic rings. The largest absolute Gasteiger partial charge is 0.494 e. The van der Waals surface area contributed by atoms with E-state index in [1.807, 2.05) is 12.1 Å². The lowest BCUT2D eigenvalue weighted by Gasteiger charge is -2.17. The average molecular weight is 273 g/mol. The quantitative estimate of drug-likeness (QED) is 0.889. The van der Waals surface area contributed by atoms with Crippen LogP contribution in [0.15, 0.2) is 42.5 Å². The highest BCUT2D eigenvalue weighted by Crippen LogP contribution is 2.21. The van der Waals surface area contributed by atoms with Gasteiger partial charge in [0, 0.05) is 18.2 Å². The third-order valence-electron chi connectivity index (χ3n) is 3.52. The molecule has 0 amide bonds. The van der Waals surface area contributed by atoms with Gasteiger partial charge in [-0.1, -0.05) is 36.4 Å². The third-order valence-corrected chi connectivity index (χ3v) is 3.52. The number of hydrogen-bond donors (Lipinski definition) is 1. The molecule has 106 valence electrons. The molecule has 20 heavy (non-hydrogen) atoms. The van der Waals surface area contributed by atoms with E-state index in [4.69, 9.17) is 4.74 Å². The molecule has 0 unspecified atom stereocenters. The van der Waals surface area contributed by atoms with Crippen molar-refractivity contribution in [2.24, 2.45) is 0 Å². The first-order chi connectivity index (χ1) is 9.63. The smallest absolute Gasteiger partial charge is 0.169 e. The van der Waals surface area contributed by atoms with Crippen LogP contribution < -0.4 is 10.1 Å². The third kappa shape index (κ3) is 3.17. The molecule has 0 bridgehead atoms. The van der Waals surface area contributed by atoms with Crippen LogP contribution in [0.25, 0.3) is 0 Å². The topological polar surface area (TPSA) is 21.3 Å². The van der Waals surface area contributed by atoms with Crippen LogP contribution in [0, 0.1) is 12.7 Å². The van der Waals surface area contributed by atoms with Gasteiger partial charge in [0.25, 0.3) is 0 Å². The van der Waals surface area contributed by atoms with Crippen LogP contribution in [0.4, 0.5) is 4.39 Å². The maximum Gasteiger partial charge on any atom is 0.169 e. The Balaban J connectivity index is 2.08. The van der Waals surface area contributed by atoms with Crippen LogP contribution >= 0.6 is 0 Å². The van der Waals surface area contributed by atoms with Gasteiger partial charge in [0.05, 0.1) is 7.11 Å². The Hall–Kier alpha value is -1.87. The first kappa shape index (κ1) is 14.5. The van der Waals surface area contributed by atoms with E-state index >= 15 is 0 Å². The molecule has 0 aliphatic carbocycles. The summed E-state index contributed by atoms with van der Waals surface area (Å²) in [5.41, 5.74) is 3.08. The Bertz CT molecular complexity index is 583. The van der Waals surface area contributed by atoms with Crippen LogP contribution in [-0.2, 0) is 6.54 Å². The van der Waals surface area contributed by atoms with Crippen LogP contribution in [0.2, 0.25) is 0 Å². The minimum absolute atomic E-state index is 0.168. The number of halogens is 1. The molecule has 2 aromatic rings. The molecule has 0 radical (unpaired) electrons. The molecular weight excluding hydrogens is 253 g/mol. The lowest BCUT2D eigenvalue weighted by atomic mass is 10.0. The Labute approximate surface area is 119 Å². The van der Waals surface area contributed by atoms with Crippen molar-refractivity contribution in [3.8, 4) is 5.75 Å². The zero-order valence-electron chi connectivity index (χ0n) is 12.1. The molecule has 2 nitrogen and oxygen atoms in total. The van der Waals surface area contributed by atoms with E-state index in [9.17, 15) is 4.39 Å². The maximum absolute atomic E-state index is 14.0. The van der Waals surface area contributed by atoms with Gasteiger partial charge in [0.2, 0.25) is 0 Å². The van der Waals surface area contributed by atoms with E-state index in [1.54, 1.807) is 18.2 Å². The molecule has 0 saturated carbocycles. The van der Waals surface area contributed by atoms with Gasteiger partial charge in [0.15, 0.2) is 11.6 Å². The summed E-state index contributed by atoms with van der Waals surface area (Å²) < 4.78 is 19.0. The molecule has 0 heterocycles. The highest BCUT2D eigenvalue weighted by molar-refractivity contribution is 5.32. The lowest BCUT2D eigenvalue weighted by Crippen LogP contribution is -2.19. The summed E-state index contributed by atoms with van der Waals surface area (Å²) in [6.07, 6.45) is 0. The molecule has 3 heteroatoms. The van der Waals surface area contributed by atoms with Crippen molar-refractivity contribution in [2.75, 3.05) is 7.11 Å². The molecule has 0 aliphatic heterocycles. The molecule has 2 aromatic carbocycles. The van der Waals surface area contributed by atoms with Gasteiger partial charge in [-0.15, -0.1) is 0 Å². The van der Waals surface area contributed by atoms with Crippen molar-refractivity contribution in [2.45, 2.75) is 26.4 Å². The standard InChI is InChI=1S/C17H20FNO/c1-12-7-4-5-9-15(12)13(2)19-11-14-8-6-10-16(20-3)17(14)18/h4-10,13,19H,11H2,1-3H3/t13-/m0/s1. The minimum Gasteiger partial charge on any atom is -0.494 e. The Morgan fingerprint density at radius 3 is 2.60 bits per heavy atom. The van der Waals surface area contributed by atoms with Crippen LogP contribution in [0.5, 0.6) is 5.75 Å². The van der Waals surface area contributed by atoms with Crippen molar-refractivity contribution in [1.82, 2.24) is 5.32 Å². The zero-order chi connectivity index (χ0) is 14.5. The summed E-state index contributed by atoms with van der Waals surface area (Å²) in [4.78, 5) is 0. The Kier molecular flexibility index (Phi) is 4.74. The average Bonchev–Trinajstić information content (AvgIpc) is 2.46. The first-order valence-electron chi connectivity index (χ1n) is 6.73. The molecule has 0 spiro atoms. The SMILES string of the molecule is COc1cccc(CN[C@@H](C)c2ccccc2C)c1F. The number of rotatable bonds is 5. The van der Waals surface area contributed by atoms with Crippen molar-refractivity contribution >= 4 is 0 Å². The van der Waals surface area contributed by atoms with Gasteiger partial charge in [-0.25, -0.2) is 4.39 Å². The number of hydrogen-bond acceptors (Lipinski definition) is 2. The van der Waals surface area contributed by atoms with E-state index < -0.39 is 0 Å². The second kappa shape index (κ2) is 6.53. The summed E-state index contributed by atoms with van der Waals surface area (Å²) >= 11 is 0. The maximum atomic E-state index is 14.0. The zero-order valence-corrected chi connectivity index (χ0v) is 12.1. The van der Waals surface area contributed by atoms with Crippen molar-refractivity contribution in [3.63, 3.8) is 0 Å². The summed E-state index contributed by atoms with van der Waals surface area (Å²) in [6.45, 7) is 4.64. The fourth-order valence-corrected chi connectivity index (χ4v) is 2.30. The number of aryl methyl sites for hydroxylation is 1. The van der Waals surface area contributed by atoms with E-state index in [0.29, 0.717) is 12.1 Å². The summed E-state index contributed by atoms with van der Waals surface area (Å²) in [5.74, 6) is -0.00710. The Morgan fingerprint density at radius 2 is 1.90 bits per heavy atom. The summed E-state index contributed by atoms with van der Waals surface area (Å²) in [6, 6.07) is 13.6. The second-order valence-electron chi connectivity index (χ2n) is 4.89. The number of methoxy groups -OCH3 is 1. The molecule has 0 saturated heterocycles. The van der Waals surface area contributed by atoms with E-state index in [2.05, 4.69) is 31.3 Å². The highest BCUT2D eigenvalue weighted by atomic mass is 19.1. The van der Waals surface area contributed by atoms with Gasteiger partial charge in [-0.2, -0.15) is 0 Å². The van der Waals surface area contributed by atoms with Crippen molar-refractivity contribution in [3.05, 3.63) is 65.0 Å². The molecule has 0 aromatic heterocycles. The van der Waals surface area contributed by atoms with E-state index in [1.165, 1.54) is 18.2 Å². The van der Waals surface area contributed by atoms with Crippen LogP contribution in [0.1, 0.15) is 29.7 Å². The normalized spacial score (nSPS) is 12.2. The van der Waals surface area contributed by atoms with E-state index in [0.717, 1.165) is 0 Å². The van der Waals surface area contributed by atoms with Crippen molar-refractivity contribution < 1.29 is 9.13 Å². The fourth-order valence-electron chi connectivity index (χ4n) is 2.30. The van der Waals surface area contributed by atoms with Crippen molar-refractivity contribution in [1.29, 1.82) is 0 Å². The molecular formula is C17H20FNO. The van der Waals surface area contributed by atoms with Gasteiger partial charge in [-0.3, -0.25) is 0 Å². The minimum atomic E-state index is -0.292. The molecule has 1 N–H and O–H groups in total. The van der Waals surface area contributed by atoms with Gasteiger partial charge in [0.1, 0.15) is 0 Å². The van der Waals surface area contributed by atoms with Crippen LogP contribution in [0.3, 0.4) is 0 Å². The van der Waals surface area contributed by atoms with E-state index in [-0.39, 0.29) is 17.6 Å². The van der Waals surface area contributed by atoms with Gasteiger partial charge >= 0.3 is 0 Å².